The molecule has 0 N–H and O–H groups in total. The van der Waals surface area contributed by atoms with Gasteiger partial charge in [-0.15, -0.1) is 0 Å². The maximum absolute atomic E-state index is 7.35. The van der Waals surface area contributed by atoms with Crippen molar-refractivity contribution < 1.29 is 28.4 Å². The van der Waals surface area contributed by atoms with Crippen LogP contribution in [0.15, 0.2) is 133 Å². The molecule has 1 saturated heterocycles. The van der Waals surface area contributed by atoms with Gasteiger partial charge in [-0.2, -0.15) is 0 Å². The highest BCUT2D eigenvalue weighted by atomic mass is 16.7. The van der Waals surface area contributed by atoms with Crippen molar-refractivity contribution in [3.05, 3.63) is 155 Å². The minimum Gasteiger partial charge on any atom is -0.374 e. The predicted octanol–water partition coefficient (Wildman–Crippen LogP) is 14.1. The Morgan fingerprint density at radius 1 is 0.597 bits per heavy atom. The molecule has 67 heavy (non-hydrogen) atoms. The Labute approximate surface area is 403 Å². The van der Waals surface area contributed by atoms with Gasteiger partial charge in [-0.25, -0.2) is 0 Å². The fourth-order valence-corrected chi connectivity index (χ4v) is 13.8. The van der Waals surface area contributed by atoms with Gasteiger partial charge in [0.1, 0.15) is 24.4 Å². The van der Waals surface area contributed by atoms with Crippen LogP contribution in [0.2, 0.25) is 0 Å². The van der Waals surface area contributed by atoms with E-state index in [-0.39, 0.29) is 11.5 Å². The minimum absolute atomic E-state index is 0.00236. The number of hydrogen-bond acceptors (Lipinski definition) is 6. The molecule has 0 spiro atoms. The van der Waals surface area contributed by atoms with Crippen LogP contribution in [0.3, 0.4) is 0 Å². The standard InChI is InChI=1S/C61H80O6/c1-43(2)19-18-20-44(3)52-31-32-53-51-30-29-49-37-50(33-35-60(49,4)54(51)34-36-61(52,53)5)66-59-58(65-41-48-27-16-9-17-28-48)57(64-40-47-25-14-8-15-26-47)56(63-39-46-23-12-7-13-24-46)55(67-59)42-62-38-45-21-10-6-11-22-45/h6-17,21-29,43-44,50-59H,18-20,30-42H2,1-5H3/t44-,50+,51+,52-,53+,54+,55-,56-,57+,58+,59+,60+,61-/m1/s1. The average Bonchev–Trinajstić information content (AvgIpc) is 3.71. The van der Waals surface area contributed by atoms with Crippen molar-refractivity contribution in [2.45, 2.75) is 168 Å². The first kappa shape index (κ1) is 48.4. The summed E-state index contributed by atoms with van der Waals surface area (Å²) in [6.45, 7) is 14.7. The fraction of sp³-hybridized carbons (Fsp3) is 0.574. The molecule has 3 saturated carbocycles. The first-order valence-electron chi connectivity index (χ1n) is 26.3. The topological polar surface area (TPSA) is 55.4 Å². The molecule has 6 nitrogen and oxygen atoms in total. The van der Waals surface area contributed by atoms with Gasteiger partial charge in [0.05, 0.1) is 39.1 Å². The molecule has 0 unspecified atom stereocenters. The smallest absolute Gasteiger partial charge is 0.187 e. The van der Waals surface area contributed by atoms with Crippen molar-refractivity contribution in [1.29, 1.82) is 0 Å². The van der Waals surface area contributed by atoms with Crippen LogP contribution >= 0.6 is 0 Å². The SMILES string of the molecule is CC(C)CCC[C@@H](C)[C@H]1CC[C@H]2[C@@H]3CC=C4C[C@@H](O[C@H]5O[C@H](COCc6ccccc6)[C@@H](OCc6ccccc6)[C@H](OCc6ccccc6)[C@@H]5OCc5ccccc5)CC[C@]4(C)[C@H]3CC[C@]12C. The van der Waals surface area contributed by atoms with Crippen LogP contribution in [-0.4, -0.2) is 43.4 Å². The van der Waals surface area contributed by atoms with Crippen LogP contribution in [0.5, 0.6) is 0 Å². The minimum atomic E-state index is -0.689. The molecule has 0 amide bonds. The van der Waals surface area contributed by atoms with Gasteiger partial charge in [-0.1, -0.05) is 187 Å². The summed E-state index contributed by atoms with van der Waals surface area (Å²) in [5.41, 5.74) is 6.70. The number of allylic oxidation sites excluding steroid dienone is 1. The van der Waals surface area contributed by atoms with E-state index in [1.54, 1.807) is 5.57 Å². The molecule has 6 heteroatoms. The lowest BCUT2D eigenvalue weighted by Crippen LogP contribution is -2.62. The molecule has 1 heterocycles. The van der Waals surface area contributed by atoms with Crippen molar-refractivity contribution in [3.8, 4) is 0 Å². The lowest BCUT2D eigenvalue weighted by molar-refractivity contribution is -0.337. The van der Waals surface area contributed by atoms with E-state index in [9.17, 15) is 0 Å². The van der Waals surface area contributed by atoms with Gasteiger partial charge in [0, 0.05) is 0 Å². The third-order valence-corrected chi connectivity index (χ3v) is 17.4. The normalized spacial score (nSPS) is 33.1. The summed E-state index contributed by atoms with van der Waals surface area (Å²) in [7, 11) is 0. The number of fused-ring (bicyclic) bond motifs is 5. The van der Waals surface area contributed by atoms with E-state index in [0.29, 0.717) is 38.4 Å². The zero-order chi connectivity index (χ0) is 46.2. The van der Waals surface area contributed by atoms with Crippen LogP contribution in [0.4, 0.5) is 0 Å². The molecule has 9 rings (SSSR count). The molecule has 4 aromatic rings. The zero-order valence-corrected chi connectivity index (χ0v) is 41.3. The Bertz CT molecular complexity index is 2130. The predicted molar refractivity (Wildman–Crippen MR) is 268 cm³/mol. The molecule has 5 aliphatic rings. The Hall–Kier alpha value is -3.62. The average molecular weight is 909 g/mol. The molecular formula is C61H80O6. The van der Waals surface area contributed by atoms with Gasteiger partial charge in [-0.3, -0.25) is 0 Å². The van der Waals surface area contributed by atoms with Gasteiger partial charge in [0.25, 0.3) is 0 Å². The first-order chi connectivity index (χ1) is 32.7. The number of rotatable bonds is 20. The van der Waals surface area contributed by atoms with Crippen molar-refractivity contribution >= 4 is 0 Å². The molecular weight excluding hydrogens is 829 g/mol. The summed E-state index contributed by atoms with van der Waals surface area (Å²) in [5.74, 6) is 4.89. The quantitative estimate of drug-likeness (QED) is 0.0824. The van der Waals surface area contributed by atoms with Crippen LogP contribution in [0.1, 0.15) is 128 Å². The van der Waals surface area contributed by atoms with Crippen molar-refractivity contribution in [1.82, 2.24) is 0 Å². The van der Waals surface area contributed by atoms with Gasteiger partial charge < -0.3 is 28.4 Å². The summed E-state index contributed by atoms with van der Waals surface area (Å²) >= 11 is 0. The second kappa shape index (κ2) is 22.4. The summed E-state index contributed by atoms with van der Waals surface area (Å²) in [4.78, 5) is 0. The van der Waals surface area contributed by atoms with E-state index < -0.39 is 30.7 Å². The Kier molecular flexibility index (Phi) is 16.2. The van der Waals surface area contributed by atoms with Crippen molar-refractivity contribution in [2.75, 3.05) is 6.61 Å². The Balaban J connectivity index is 0.963. The second-order valence-corrected chi connectivity index (χ2v) is 22.1. The highest BCUT2D eigenvalue weighted by Crippen LogP contribution is 2.67. The molecule has 360 valence electrons. The third kappa shape index (κ3) is 11.4. The van der Waals surface area contributed by atoms with Crippen LogP contribution < -0.4 is 0 Å². The number of ether oxygens (including phenoxy) is 6. The Morgan fingerprint density at radius 3 is 1.76 bits per heavy atom. The van der Waals surface area contributed by atoms with Crippen molar-refractivity contribution in [2.24, 2.45) is 46.3 Å². The van der Waals surface area contributed by atoms with Gasteiger partial charge >= 0.3 is 0 Å². The van der Waals surface area contributed by atoms with E-state index in [2.05, 4.69) is 138 Å². The summed E-state index contributed by atoms with van der Waals surface area (Å²) in [5, 5.41) is 0. The van der Waals surface area contributed by atoms with Crippen LogP contribution in [0.25, 0.3) is 0 Å². The zero-order valence-electron chi connectivity index (χ0n) is 41.3. The van der Waals surface area contributed by atoms with E-state index in [4.69, 9.17) is 28.4 Å². The van der Waals surface area contributed by atoms with E-state index in [0.717, 1.165) is 77.0 Å². The molecule has 13 atom stereocenters. The van der Waals surface area contributed by atoms with Gasteiger partial charge in [0.2, 0.25) is 0 Å². The molecule has 1 aliphatic heterocycles. The molecule has 4 aromatic carbocycles. The molecule has 0 bridgehead atoms. The Morgan fingerprint density at radius 2 is 1.16 bits per heavy atom. The molecule has 4 fully saturated rings. The summed E-state index contributed by atoms with van der Waals surface area (Å²) in [6.07, 6.45) is 14.0. The molecule has 0 aromatic heterocycles. The largest absolute Gasteiger partial charge is 0.374 e. The third-order valence-electron chi connectivity index (χ3n) is 17.4. The number of hydrogen-bond donors (Lipinski definition) is 0. The summed E-state index contributed by atoms with van der Waals surface area (Å²) in [6, 6.07) is 41.5. The maximum Gasteiger partial charge on any atom is 0.187 e. The van der Waals surface area contributed by atoms with Crippen LogP contribution in [-0.2, 0) is 54.8 Å². The molecule has 4 aliphatic carbocycles. The van der Waals surface area contributed by atoms with Crippen molar-refractivity contribution in [3.63, 3.8) is 0 Å². The second-order valence-electron chi connectivity index (χ2n) is 22.1. The first-order valence-corrected chi connectivity index (χ1v) is 26.3. The lowest BCUT2D eigenvalue weighted by Gasteiger charge is -2.58. The highest BCUT2D eigenvalue weighted by molar-refractivity contribution is 5.26. The molecule has 0 radical (unpaired) electrons. The number of benzene rings is 4. The van der Waals surface area contributed by atoms with E-state index >= 15 is 0 Å². The van der Waals surface area contributed by atoms with Gasteiger partial charge in [-0.05, 0) is 120 Å². The monoisotopic (exact) mass is 909 g/mol. The van der Waals surface area contributed by atoms with E-state index in [1.165, 1.54) is 51.4 Å². The maximum atomic E-state index is 7.35. The fourth-order valence-electron chi connectivity index (χ4n) is 13.8. The summed E-state index contributed by atoms with van der Waals surface area (Å²) < 4.78 is 42.1. The van der Waals surface area contributed by atoms with Gasteiger partial charge in [0.15, 0.2) is 6.29 Å². The highest BCUT2D eigenvalue weighted by Gasteiger charge is 2.59. The van der Waals surface area contributed by atoms with Crippen LogP contribution in [0, 0.1) is 46.3 Å². The lowest BCUT2D eigenvalue weighted by atomic mass is 9.47. The van der Waals surface area contributed by atoms with E-state index in [1.807, 2.05) is 24.3 Å².